The monoisotopic (exact) mass is 482 g/mol. The summed E-state index contributed by atoms with van der Waals surface area (Å²) in [7, 11) is 1.45. The van der Waals surface area contributed by atoms with E-state index in [1.807, 2.05) is 0 Å². The molecule has 0 spiro atoms. The molecule has 0 radical (unpaired) electrons. The van der Waals surface area contributed by atoms with E-state index in [2.05, 4.69) is 10.3 Å². The minimum absolute atomic E-state index is 0.0497. The van der Waals surface area contributed by atoms with E-state index >= 15 is 0 Å². The number of alkyl halides is 3. The minimum Gasteiger partial charge on any atom is -0.457 e. The van der Waals surface area contributed by atoms with Crippen LogP contribution in [-0.2, 0) is 6.18 Å². The summed E-state index contributed by atoms with van der Waals surface area (Å²) in [6, 6.07) is 9.85. The standard InChI is InChI=1S/C21H15ClF4N4O3/c1-27-19(31)18-11-15(8-9-28-18)33-14-5-2-12(3-6-14)30(20(32)29-26)13-4-7-17(22)16(10-13)21(23,24)25/h2-11H,1H3,(H,27,31)(H,29,32). The molecule has 0 aliphatic rings. The Balaban J connectivity index is 1.91. The third kappa shape index (κ3) is 5.50. The van der Waals surface area contributed by atoms with Gasteiger partial charge in [0.05, 0.1) is 22.0 Å². The molecule has 3 aromatic rings. The van der Waals surface area contributed by atoms with Crippen LogP contribution in [0.3, 0.4) is 0 Å². The van der Waals surface area contributed by atoms with Gasteiger partial charge in [-0.05, 0) is 48.5 Å². The van der Waals surface area contributed by atoms with Crippen molar-refractivity contribution in [1.29, 1.82) is 0 Å². The van der Waals surface area contributed by atoms with E-state index in [1.54, 1.807) is 0 Å². The minimum atomic E-state index is -4.78. The summed E-state index contributed by atoms with van der Waals surface area (Å²) in [6.45, 7) is 0. The van der Waals surface area contributed by atoms with Gasteiger partial charge in [0.25, 0.3) is 5.91 Å². The zero-order chi connectivity index (χ0) is 24.2. The molecule has 0 aliphatic heterocycles. The van der Waals surface area contributed by atoms with Crippen LogP contribution in [0.1, 0.15) is 16.1 Å². The van der Waals surface area contributed by atoms with Gasteiger partial charge >= 0.3 is 12.2 Å². The number of carbonyl (C=O) groups excluding carboxylic acids is 2. The van der Waals surface area contributed by atoms with Gasteiger partial charge in [-0.1, -0.05) is 16.1 Å². The number of ether oxygens (including phenoxy) is 1. The number of hydrogen-bond acceptors (Lipinski definition) is 4. The second-order valence-corrected chi connectivity index (χ2v) is 6.86. The first-order valence-electron chi connectivity index (χ1n) is 9.17. The smallest absolute Gasteiger partial charge is 0.417 e. The van der Waals surface area contributed by atoms with E-state index in [0.717, 1.165) is 17.7 Å². The van der Waals surface area contributed by atoms with Crippen molar-refractivity contribution in [3.63, 3.8) is 0 Å². The Morgan fingerprint density at radius 2 is 1.67 bits per heavy atom. The van der Waals surface area contributed by atoms with Gasteiger partial charge in [-0.2, -0.15) is 18.7 Å². The average Bonchev–Trinajstić information content (AvgIpc) is 2.80. The summed E-state index contributed by atoms with van der Waals surface area (Å²) >= 11 is 5.62. The first-order chi connectivity index (χ1) is 15.6. The number of anilines is 2. The van der Waals surface area contributed by atoms with Crippen molar-refractivity contribution in [1.82, 2.24) is 15.8 Å². The first kappa shape index (κ1) is 23.8. The number of aromatic nitrogens is 1. The van der Waals surface area contributed by atoms with E-state index in [9.17, 15) is 27.2 Å². The maximum absolute atomic E-state index is 13.2. The van der Waals surface area contributed by atoms with Gasteiger partial charge in [-0.25, -0.2) is 4.79 Å². The van der Waals surface area contributed by atoms with E-state index in [0.29, 0.717) is 16.7 Å². The summed E-state index contributed by atoms with van der Waals surface area (Å²) < 4.78 is 58.3. The number of nitrogens with zero attached hydrogens (tertiary/aromatic N) is 2. The predicted octanol–water partition coefficient (Wildman–Crippen LogP) is 5.64. The van der Waals surface area contributed by atoms with Crippen molar-refractivity contribution in [3.8, 4) is 11.5 Å². The third-order valence-corrected chi connectivity index (χ3v) is 4.65. The number of pyridine rings is 1. The molecule has 0 fully saturated rings. The Morgan fingerprint density at radius 1 is 1.00 bits per heavy atom. The van der Waals surface area contributed by atoms with Gasteiger partial charge in [0.15, 0.2) is 0 Å². The van der Waals surface area contributed by atoms with Gasteiger partial charge in [-0.3, -0.25) is 14.7 Å². The number of carbonyl (C=O) groups is 2. The number of amides is 3. The molecule has 33 heavy (non-hydrogen) atoms. The Bertz CT molecular complexity index is 1170. The van der Waals surface area contributed by atoms with Crippen LogP contribution in [0.4, 0.5) is 33.8 Å². The summed E-state index contributed by atoms with van der Waals surface area (Å²) in [5, 5.41) is 1.87. The molecule has 7 nitrogen and oxygen atoms in total. The summed E-state index contributed by atoms with van der Waals surface area (Å²) in [5.41, 5.74) is -0.358. The van der Waals surface area contributed by atoms with Crippen molar-refractivity contribution in [2.75, 3.05) is 11.9 Å². The van der Waals surface area contributed by atoms with Crippen LogP contribution in [0.2, 0.25) is 5.02 Å². The summed E-state index contributed by atoms with van der Waals surface area (Å²) in [5.74, 6) is 0.160. The van der Waals surface area contributed by atoms with Gasteiger partial charge in [0.1, 0.15) is 17.2 Å². The Labute approximate surface area is 189 Å². The Morgan fingerprint density at radius 3 is 2.27 bits per heavy atom. The van der Waals surface area contributed by atoms with Crippen LogP contribution < -0.4 is 20.5 Å². The Kier molecular flexibility index (Phi) is 7.02. The lowest BCUT2D eigenvalue weighted by molar-refractivity contribution is -0.137. The van der Waals surface area contributed by atoms with Crippen molar-refractivity contribution >= 4 is 34.9 Å². The topological polar surface area (TPSA) is 83.6 Å². The van der Waals surface area contributed by atoms with Crippen molar-refractivity contribution in [2.45, 2.75) is 6.18 Å². The number of benzene rings is 2. The van der Waals surface area contributed by atoms with Gasteiger partial charge < -0.3 is 10.1 Å². The number of halogens is 5. The molecule has 0 saturated carbocycles. The lowest BCUT2D eigenvalue weighted by atomic mass is 10.1. The normalized spacial score (nSPS) is 11.0. The molecule has 0 unspecified atom stereocenters. The Hall–Kier alpha value is -3.86. The highest BCUT2D eigenvalue weighted by molar-refractivity contribution is 6.31. The molecule has 3 rings (SSSR count). The SMILES string of the molecule is CNC(=O)c1cc(Oc2ccc(N(C(=O)NF)c3ccc(Cl)c(C(F)(F)F)c3)cc2)ccn1. The average molecular weight is 483 g/mol. The molecule has 1 heterocycles. The molecule has 12 heteroatoms. The van der Waals surface area contributed by atoms with E-state index < -0.39 is 28.7 Å². The van der Waals surface area contributed by atoms with E-state index in [-0.39, 0.29) is 22.8 Å². The second-order valence-electron chi connectivity index (χ2n) is 6.45. The number of nitrogens with one attached hydrogen (secondary N) is 2. The molecule has 2 aromatic carbocycles. The number of rotatable bonds is 5. The zero-order valence-electron chi connectivity index (χ0n) is 16.8. The van der Waals surface area contributed by atoms with Crippen LogP contribution in [0.5, 0.6) is 11.5 Å². The summed E-state index contributed by atoms with van der Waals surface area (Å²) in [6.07, 6.45) is -3.40. The maximum atomic E-state index is 13.2. The van der Waals surface area contributed by atoms with Crippen LogP contribution >= 0.6 is 11.6 Å². The fourth-order valence-electron chi connectivity index (χ4n) is 2.82. The molecule has 3 amide bonds. The highest BCUT2D eigenvalue weighted by atomic mass is 35.5. The van der Waals surface area contributed by atoms with Crippen LogP contribution in [0, 0.1) is 0 Å². The molecule has 0 aliphatic carbocycles. The lowest BCUT2D eigenvalue weighted by Gasteiger charge is -2.23. The number of hydrogen-bond donors (Lipinski definition) is 2. The molecule has 0 saturated heterocycles. The molecule has 172 valence electrons. The highest BCUT2D eigenvalue weighted by Crippen LogP contribution is 2.38. The molecule has 0 atom stereocenters. The second kappa shape index (κ2) is 9.74. The molecule has 2 N–H and O–H groups in total. The van der Waals surface area contributed by atoms with Crippen LogP contribution in [0.25, 0.3) is 0 Å². The van der Waals surface area contributed by atoms with E-state index in [4.69, 9.17) is 16.3 Å². The van der Waals surface area contributed by atoms with Gasteiger partial charge in [0.2, 0.25) is 0 Å². The molecular weight excluding hydrogens is 468 g/mol. The molecule has 1 aromatic heterocycles. The zero-order valence-corrected chi connectivity index (χ0v) is 17.5. The largest absolute Gasteiger partial charge is 0.457 e. The molecular formula is C21H15ClF4N4O3. The van der Waals surface area contributed by atoms with Gasteiger partial charge in [0, 0.05) is 19.3 Å². The van der Waals surface area contributed by atoms with Crippen molar-refractivity contribution in [2.24, 2.45) is 0 Å². The summed E-state index contributed by atoms with van der Waals surface area (Å²) in [4.78, 5) is 28.4. The van der Waals surface area contributed by atoms with E-state index in [1.165, 1.54) is 49.6 Å². The predicted molar refractivity (Wildman–Crippen MR) is 112 cm³/mol. The fraction of sp³-hybridized carbons (Fsp3) is 0.0952. The lowest BCUT2D eigenvalue weighted by Crippen LogP contribution is -2.32. The maximum Gasteiger partial charge on any atom is 0.417 e. The quantitative estimate of drug-likeness (QED) is 0.364. The van der Waals surface area contributed by atoms with Crippen molar-refractivity contribution < 1.29 is 32.0 Å². The first-order valence-corrected chi connectivity index (χ1v) is 9.55. The highest BCUT2D eigenvalue weighted by Gasteiger charge is 2.34. The van der Waals surface area contributed by atoms with Gasteiger partial charge in [-0.15, -0.1) is 0 Å². The number of urea groups is 1. The van der Waals surface area contributed by atoms with Crippen LogP contribution in [0.15, 0.2) is 60.8 Å². The molecule has 0 bridgehead atoms. The van der Waals surface area contributed by atoms with Crippen LogP contribution in [-0.4, -0.2) is 24.0 Å². The van der Waals surface area contributed by atoms with Crippen molar-refractivity contribution in [3.05, 3.63) is 77.1 Å². The third-order valence-electron chi connectivity index (χ3n) is 4.32. The fourth-order valence-corrected chi connectivity index (χ4v) is 3.05.